The Labute approximate surface area is 107 Å². The molecule has 1 N–H and O–H groups in total. The quantitative estimate of drug-likeness (QED) is 0.758. The molecule has 0 aliphatic heterocycles. The van der Waals surface area contributed by atoms with E-state index in [0.29, 0.717) is 25.0 Å². The molecular weight excluding hydrogens is 242 g/mol. The van der Waals surface area contributed by atoms with Gasteiger partial charge in [0.25, 0.3) is 0 Å². The second-order valence-electron chi connectivity index (χ2n) is 3.64. The van der Waals surface area contributed by atoms with Gasteiger partial charge in [0, 0.05) is 25.4 Å². The monoisotopic (exact) mass is 259 g/mol. The molecule has 1 aromatic heterocycles. The van der Waals surface area contributed by atoms with Crippen LogP contribution in [0.15, 0.2) is 6.07 Å². The number of alkyl halides is 1. The summed E-state index contributed by atoms with van der Waals surface area (Å²) in [5.74, 6) is 1.11. The average molecular weight is 260 g/mol. The summed E-state index contributed by atoms with van der Waals surface area (Å²) in [4.78, 5) is 8.42. The van der Waals surface area contributed by atoms with Gasteiger partial charge in [-0.25, -0.2) is 4.98 Å². The molecule has 1 atom stereocenters. The molecule has 1 heterocycles. The van der Waals surface area contributed by atoms with Crippen molar-refractivity contribution in [2.45, 2.75) is 18.7 Å². The molecule has 0 spiro atoms. The van der Waals surface area contributed by atoms with E-state index in [-0.39, 0.29) is 5.38 Å². The largest absolute Gasteiger partial charge is 0.481 e. The number of halogens is 1. The first kappa shape index (κ1) is 14.0. The van der Waals surface area contributed by atoms with Crippen molar-refractivity contribution in [3.05, 3.63) is 11.8 Å². The Morgan fingerprint density at radius 1 is 1.41 bits per heavy atom. The van der Waals surface area contributed by atoms with Crippen LogP contribution in [0, 0.1) is 6.92 Å². The molecule has 1 unspecified atom stereocenters. The Balaban J connectivity index is 2.43. The number of anilines is 1. The highest BCUT2D eigenvalue weighted by Crippen LogP contribution is 2.11. The number of aryl methyl sites for hydroxylation is 1. The van der Waals surface area contributed by atoms with Crippen LogP contribution in [0.25, 0.3) is 0 Å². The van der Waals surface area contributed by atoms with Gasteiger partial charge in [-0.2, -0.15) is 4.98 Å². The average Bonchev–Trinajstić information content (AvgIpc) is 2.28. The molecule has 0 amide bonds. The maximum Gasteiger partial charge on any atom is 0.226 e. The molecule has 0 bridgehead atoms. The summed E-state index contributed by atoms with van der Waals surface area (Å²) in [5, 5.41) is 3.11. The van der Waals surface area contributed by atoms with Crippen molar-refractivity contribution < 1.29 is 9.47 Å². The second-order valence-corrected chi connectivity index (χ2v) is 4.26. The molecule has 0 radical (unpaired) electrons. The van der Waals surface area contributed by atoms with Crippen LogP contribution in [-0.4, -0.2) is 42.7 Å². The summed E-state index contributed by atoms with van der Waals surface area (Å²) in [7, 11) is 3.22. The van der Waals surface area contributed by atoms with Gasteiger partial charge in [0.1, 0.15) is 0 Å². The molecule has 0 aliphatic rings. The third-order valence-corrected chi connectivity index (χ3v) is 2.47. The van der Waals surface area contributed by atoms with E-state index >= 15 is 0 Å². The number of nitrogens with zero attached hydrogens (tertiary/aromatic N) is 2. The van der Waals surface area contributed by atoms with Crippen molar-refractivity contribution >= 4 is 17.5 Å². The summed E-state index contributed by atoms with van der Waals surface area (Å²) >= 11 is 6.01. The zero-order chi connectivity index (χ0) is 12.7. The van der Waals surface area contributed by atoms with Gasteiger partial charge >= 0.3 is 0 Å². The Kier molecular flexibility index (Phi) is 6.00. The fourth-order valence-corrected chi connectivity index (χ4v) is 1.56. The van der Waals surface area contributed by atoms with Gasteiger partial charge in [-0.15, -0.1) is 11.6 Å². The van der Waals surface area contributed by atoms with Crippen LogP contribution in [0.1, 0.15) is 12.1 Å². The Morgan fingerprint density at radius 3 is 2.82 bits per heavy atom. The molecule has 0 saturated heterocycles. The van der Waals surface area contributed by atoms with E-state index in [9.17, 15) is 0 Å². The maximum atomic E-state index is 6.01. The van der Waals surface area contributed by atoms with Crippen molar-refractivity contribution in [1.82, 2.24) is 9.97 Å². The van der Waals surface area contributed by atoms with E-state index in [0.717, 1.165) is 12.1 Å². The van der Waals surface area contributed by atoms with Gasteiger partial charge in [0.05, 0.1) is 19.1 Å². The number of ether oxygens (including phenoxy) is 2. The topological polar surface area (TPSA) is 56.3 Å². The van der Waals surface area contributed by atoms with Crippen molar-refractivity contribution in [2.24, 2.45) is 0 Å². The third-order valence-electron chi connectivity index (χ3n) is 2.13. The molecule has 6 heteroatoms. The first-order chi connectivity index (χ1) is 8.15. The fraction of sp³-hybridized carbons (Fsp3) is 0.636. The first-order valence-electron chi connectivity index (χ1n) is 5.42. The van der Waals surface area contributed by atoms with Crippen LogP contribution >= 0.6 is 11.6 Å². The number of nitrogens with one attached hydrogen (secondary N) is 1. The minimum Gasteiger partial charge on any atom is -0.481 e. The highest BCUT2D eigenvalue weighted by molar-refractivity contribution is 6.20. The van der Waals surface area contributed by atoms with Crippen LogP contribution < -0.4 is 10.1 Å². The van der Waals surface area contributed by atoms with Crippen LogP contribution in [-0.2, 0) is 4.74 Å². The van der Waals surface area contributed by atoms with E-state index < -0.39 is 0 Å². The number of hydrogen-bond acceptors (Lipinski definition) is 5. The van der Waals surface area contributed by atoms with Gasteiger partial charge in [-0.3, -0.25) is 0 Å². The molecule has 0 aliphatic carbocycles. The van der Waals surface area contributed by atoms with E-state index in [2.05, 4.69) is 15.3 Å². The predicted octanol–water partition coefficient (Wildman–Crippen LogP) is 1.85. The Morgan fingerprint density at radius 2 is 2.18 bits per heavy atom. The van der Waals surface area contributed by atoms with E-state index in [4.69, 9.17) is 21.1 Å². The highest BCUT2D eigenvalue weighted by atomic mass is 35.5. The van der Waals surface area contributed by atoms with Crippen molar-refractivity contribution in [3.8, 4) is 5.88 Å². The molecule has 1 rings (SSSR count). The zero-order valence-electron chi connectivity index (χ0n) is 10.4. The van der Waals surface area contributed by atoms with Gasteiger partial charge in [0.2, 0.25) is 11.8 Å². The molecule has 96 valence electrons. The van der Waals surface area contributed by atoms with E-state index in [1.807, 2.05) is 6.92 Å². The SMILES string of the molecule is COCC(Cl)CCNc1nc(C)cc(OC)n1. The minimum atomic E-state index is -0.000736. The number of aromatic nitrogens is 2. The lowest BCUT2D eigenvalue weighted by molar-refractivity contribution is 0.196. The first-order valence-corrected chi connectivity index (χ1v) is 5.86. The molecule has 0 fully saturated rings. The fourth-order valence-electron chi connectivity index (χ4n) is 1.33. The third kappa shape index (κ3) is 5.19. The molecule has 5 nitrogen and oxygen atoms in total. The molecule has 17 heavy (non-hydrogen) atoms. The van der Waals surface area contributed by atoms with E-state index in [1.165, 1.54) is 0 Å². The summed E-state index contributed by atoms with van der Waals surface area (Å²) in [6.45, 7) is 3.13. The molecule has 0 aromatic carbocycles. The van der Waals surface area contributed by atoms with Crippen LogP contribution in [0.3, 0.4) is 0 Å². The normalized spacial score (nSPS) is 12.2. The molecule has 1 aromatic rings. The Hall–Kier alpha value is -1.07. The number of hydrogen-bond donors (Lipinski definition) is 1. The lowest BCUT2D eigenvalue weighted by Gasteiger charge is -2.10. The number of methoxy groups -OCH3 is 2. The Bertz CT molecular complexity index is 349. The number of rotatable bonds is 7. The summed E-state index contributed by atoms with van der Waals surface area (Å²) in [6.07, 6.45) is 0.787. The van der Waals surface area contributed by atoms with E-state index in [1.54, 1.807) is 20.3 Å². The van der Waals surface area contributed by atoms with Crippen molar-refractivity contribution in [3.63, 3.8) is 0 Å². The highest BCUT2D eigenvalue weighted by Gasteiger charge is 2.05. The smallest absolute Gasteiger partial charge is 0.226 e. The summed E-state index contributed by atoms with van der Waals surface area (Å²) in [5.41, 5.74) is 0.860. The minimum absolute atomic E-state index is 0.000736. The van der Waals surface area contributed by atoms with Gasteiger partial charge in [-0.05, 0) is 13.3 Å². The lowest BCUT2D eigenvalue weighted by Crippen LogP contribution is -2.14. The van der Waals surface area contributed by atoms with Crippen LogP contribution in [0.4, 0.5) is 5.95 Å². The predicted molar refractivity (Wildman–Crippen MR) is 67.9 cm³/mol. The van der Waals surface area contributed by atoms with Gasteiger partial charge in [0.15, 0.2) is 0 Å². The van der Waals surface area contributed by atoms with Crippen LogP contribution in [0.5, 0.6) is 5.88 Å². The zero-order valence-corrected chi connectivity index (χ0v) is 11.1. The standard InChI is InChI=1S/C11H18ClN3O2/c1-8-6-10(17-3)15-11(14-8)13-5-4-9(12)7-16-2/h6,9H,4-5,7H2,1-3H3,(H,13,14,15). The maximum absolute atomic E-state index is 6.01. The second kappa shape index (κ2) is 7.29. The van der Waals surface area contributed by atoms with Gasteiger partial charge in [-0.1, -0.05) is 0 Å². The summed E-state index contributed by atoms with van der Waals surface area (Å²) in [6, 6.07) is 1.78. The van der Waals surface area contributed by atoms with Crippen LogP contribution in [0.2, 0.25) is 0 Å². The van der Waals surface area contributed by atoms with Crippen molar-refractivity contribution in [1.29, 1.82) is 0 Å². The summed E-state index contributed by atoms with van der Waals surface area (Å²) < 4.78 is 10.0. The van der Waals surface area contributed by atoms with Gasteiger partial charge < -0.3 is 14.8 Å². The lowest BCUT2D eigenvalue weighted by atomic mass is 10.3. The molecule has 0 saturated carbocycles. The molecular formula is C11H18ClN3O2. The van der Waals surface area contributed by atoms with Crippen molar-refractivity contribution in [2.75, 3.05) is 32.7 Å².